The minimum absolute atomic E-state index is 0.163. The summed E-state index contributed by atoms with van der Waals surface area (Å²) in [5, 5.41) is 21.1. The van der Waals surface area contributed by atoms with Gasteiger partial charge in [-0.25, -0.2) is 9.97 Å². The number of aryl methyl sites for hydroxylation is 2. The van der Waals surface area contributed by atoms with Gasteiger partial charge >= 0.3 is 0 Å². The molecule has 11 nitrogen and oxygen atoms in total. The molecule has 1 fully saturated rings. The van der Waals surface area contributed by atoms with E-state index in [1.54, 1.807) is 18.5 Å². The van der Waals surface area contributed by atoms with Crippen LogP contribution >= 0.6 is 0 Å². The van der Waals surface area contributed by atoms with Crippen molar-refractivity contribution < 1.29 is 9.47 Å². The van der Waals surface area contributed by atoms with Gasteiger partial charge in [0, 0.05) is 26.2 Å². The molecule has 1 saturated heterocycles. The van der Waals surface area contributed by atoms with E-state index < -0.39 is 0 Å². The Labute approximate surface area is 196 Å². The molecular weight excluding hydrogens is 434 g/mol. The second kappa shape index (κ2) is 8.92. The zero-order valence-corrected chi connectivity index (χ0v) is 19.1. The Balaban J connectivity index is 1.42. The molecule has 5 heterocycles. The van der Waals surface area contributed by atoms with Gasteiger partial charge in [0.25, 0.3) is 0 Å². The van der Waals surface area contributed by atoms with E-state index >= 15 is 0 Å². The highest BCUT2D eigenvalue weighted by Gasteiger charge is 2.19. The van der Waals surface area contributed by atoms with Gasteiger partial charge < -0.3 is 24.3 Å². The van der Waals surface area contributed by atoms with Gasteiger partial charge in [-0.2, -0.15) is 10.2 Å². The number of rotatable bonds is 5. The van der Waals surface area contributed by atoms with E-state index in [0.717, 1.165) is 24.5 Å². The second-order valence-electron chi connectivity index (χ2n) is 8.11. The number of pyridine rings is 2. The Morgan fingerprint density at radius 1 is 1.24 bits per heavy atom. The van der Waals surface area contributed by atoms with Crippen molar-refractivity contribution in [2.45, 2.75) is 20.0 Å². The first kappa shape index (κ1) is 21.5. The molecule has 1 atom stereocenters. The normalized spacial score (nSPS) is 15.8. The molecule has 0 aromatic carbocycles. The first-order valence-electron chi connectivity index (χ1n) is 10.8. The summed E-state index contributed by atoms with van der Waals surface area (Å²) in [6.45, 7) is 6.15. The van der Waals surface area contributed by atoms with Gasteiger partial charge in [-0.3, -0.25) is 0 Å². The van der Waals surface area contributed by atoms with E-state index in [1.807, 2.05) is 43.7 Å². The third-order valence-corrected chi connectivity index (χ3v) is 5.52. The number of morpholine rings is 1. The SMILES string of the molecule is Cc1cc(C#N)ncc1Oc1cc(Nc2ccc(N3CCO[C@@H](C)C3)nn2)c2ncn(C)c2n1. The van der Waals surface area contributed by atoms with Crippen molar-refractivity contribution in [1.82, 2.24) is 29.7 Å². The lowest BCUT2D eigenvalue weighted by molar-refractivity contribution is 0.0529. The smallest absolute Gasteiger partial charge is 0.223 e. The van der Waals surface area contributed by atoms with Crippen molar-refractivity contribution in [2.24, 2.45) is 7.05 Å². The maximum Gasteiger partial charge on any atom is 0.223 e. The number of hydrogen-bond acceptors (Lipinski definition) is 10. The van der Waals surface area contributed by atoms with Crippen LogP contribution in [-0.2, 0) is 11.8 Å². The Morgan fingerprint density at radius 3 is 2.85 bits per heavy atom. The standard InChI is InChI=1S/C23H23N9O2/c1-14-8-16(10-24)25-11-18(14)34-21-9-17(22-23(28-21)31(3)13-26-22)27-19-4-5-20(30-29-19)32-6-7-33-15(2)12-32/h4-5,8-9,11,13,15H,6-7,12H2,1-3H3,(H,27,28,29)/t15-/m0/s1. The molecule has 0 unspecified atom stereocenters. The van der Waals surface area contributed by atoms with Gasteiger partial charge in [0.05, 0.1) is 30.9 Å². The van der Waals surface area contributed by atoms with Crippen LogP contribution in [0.1, 0.15) is 18.2 Å². The third-order valence-electron chi connectivity index (χ3n) is 5.52. The van der Waals surface area contributed by atoms with Gasteiger partial charge in [-0.15, -0.1) is 10.2 Å². The number of nitriles is 1. The summed E-state index contributed by atoms with van der Waals surface area (Å²) in [5.41, 5.74) is 3.12. The molecule has 34 heavy (non-hydrogen) atoms. The van der Waals surface area contributed by atoms with Gasteiger partial charge in [-0.1, -0.05) is 0 Å². The van der Waals surface area contributed by atoms with Crippen molar-refractivity contribution in [1.29, 1.82) is 5.26 Å². The summed E-state index contributed by atoms with van der Waals surface area (Å²) in [6.07, 6.45) is 3.37. The number of nitrogens with one attached hydrogen (secondary N) is 1. The monoisotopic (exact) mass is 457 g/mol. The van der Waals surface area contributed by atoms with Crippen LogP contribution in [0.25, 0.3) is 11.2 Å². The van der Waals surface area contributed by atoms with Crippen LogP contribution in [-0.4, -0.2) is 55.5 Å². The molecule has 0 aliphatic carbocycles. The van der Waals surface area contributed by atoms with E-state index in [9.17, 15) is 0 Å². The summed E-state index contributed by atoms with van der Waals surface area (Å²) in [4.78, 5) is 15.3. The summed E-state index contributed by atoms with van der Waals surface area (Å²) < 4.78 is 13.4. The lowest BCUT2D eigenvalue weighted by atomic mass is 10.2. The summed E-state index contributed by atoms with van der Waals surface area (Å²) >= 11 is 0. The fourth-order valence-electron chi connectivity index (χ4n) is 3.77. The zero-order valence-electron chi connectivity index (χ0n) is 19.1. The molecule has 0 spiro atoms. The molecule has 0 saturated carbocycles. The van der Waals surface area contributed by atoms with Crippen molar-refractivity contribution in [3.05, 3.63) is 48.0 Å². The molecule has 0 amide bonds. The van der Waals surface area contributed by atoms with Crippen LogP contribution in [0.3, 0.4) is 0 Å². The third kappa shape index (κ3) is 4.31. The van der Waals surface area contributed by atoms with E-state index in [0.29, 0.717) is 46.6 Å². The minimum atomic E-state index is 0.163. The first-order valence-corrected chi connectivity index (χ1v) is 10.8. The van der Waals surface area contributed by atoms with Gasteiger partial charge in [0.2, 0.25) is 5.88 Å². The van der Waals surface area contributed by atoms with Gasteiger partial charge in [0.15, 0.2) is 23.0 Å². The van der Waals surface area contributed by atoms with Crippen LogP contribution in [0.4, 0.5) is 17.3 Å². The molecular formula is C23H23N9O2. The number of fused-ring (bicyclic) bond motifs is 1. The molecule has 1 aliphatic heterocycles. The van der Waals surface area contributed by atoms with Crippen molar-refractivity contribution >= 4 is 28.5 Å². The fourth-order valence-corrected chi connectivity index (χ4v) is 3.77. The fraction of sp³-hybridized carbons (Fsp3) is 0.304. The van der Waals surface area contributed by atoms with Crippen LogP contribution in [0.2, 0.25) is 0 Å². The molecule has 1 aliphatic rings. The average Bonchev–Trinajstić information content (AvgIpc) is 3.22. The molecule has 0 radical (unpaired) electrons. The Morgan fingerprint density at radius 2 is 2.12 bits per heavy atom. The molecule has 4 aromatic heterocycles. The quantitative estimate of drug-likeness (QED) is 0.477. The number of nitrogens with zero attached hydrogens (tertiary/aromatic N) is 8. The largest absolute Gasteiger partial charge is 0.437 e. The Bertz CT molecular complexity index is 1380. The predicted molar refractivity (Wildman–Crippen MR) is 125 cm³/mol. The maximum absolute atomic E-state index is 9.04. The molecule has 5 rings (SSSR count). The molecule has 1 N–H and O–H groups in total. The van der Waals surface area contributed by atoms with Gasteiger partial charge in [0.1, 0.15) is 17.3 Å². The number of aromatic nitrogens is 6. The summed E-state index contributed by atoms with van der Waals surface area (Å²) in [5.74, 6) is 2.26. The number of hydrogen-bond donors (Lipinski definition) is 1. The van der Waals surface area contributed by atoms with Crippen molar-refractivity contribution in [3.8, 4) is 17.7 Å². The van der Waals surface area contributed by atoms with Crippen molar-refractivity contribution in [2.75, 3.05) is 29.9 Å². The molecule has 172 valence electrons. The predicted octanol–water partition coefficient (Wildman–Crippen LogP) is 3.09. The highest BCUT2D eigenvalue weighted by atomic mass is 16.5. The second-order valence-corrected chi connectivity index (χ2v) is 8.11. The van der Waals surface area contributed by atoms with Gasteiger partial charge in [-0.05, 0) is 37.6 Å². The average molecular weight is 457 g/mol. The highest BCUT2D eigenvalue weighted by Crippen LogP contribution is 2.31. The number of imidazole rings is 1. The molecule has 4 aromatic rings. The Hall–Kier alpha value is -4.30. The van der Waals surface area contributed by atoms with E-state index in [1.165, 1.54) is 6.20 Å². The summed E-state index contributed by atoms with van der Waals surface area (Å²) in [6, 6.07) is 9.27. The van der Waals surface area contributed by atoms with Crippen LogP contribution < -0.4 is 15.0 Å². The topological polar surface area (TPSA) is 127 Å². The summed E-state index contributed by atoms with van der Waals surface area (Å²) in [7, 11) is 1.86. The number of ether oxygens (including phenoxy) is 2. The first-order chi connectivity index (χ1) is 16.5. The Kier molecular flexibility index (Phi) is 5.65. The highest BCUT2D eigenvalue weighted by molar-refractivity contribution is 5.88. The van der Waals surface area contributed by atoms with E-state index in [2.05, 4.69) is 35.4 Å². The van der Waals surface area contributed by atoms with E-state index in [4.69, 9.17) is 14.7 Å². The van der Waals surface area contributed by atoms with Crippen LogP contribution in [0.5, 0.6) is 11.6 Å². The van der Waals surface area contributed by atoms with Crippen molar-refractivity contribution in [3.63, 3.8) is 0 Å². The lowest BCUT2D eigenvalue weighted by Crippen LogP contribution is -2.41. The van der Waals surface area contributed by atoms with Crippen LogP contribution in [0.15, 0.2) is 36.8 Å². The maximum atomic E-state index is 9.04. The van der Waals surface area contributed by atoms with Crippen LogP contribution in [0, 0.1) is 18.3 Å². The molecule has 0 bridgehead atoms. The lowest BCUT2D eigenvalue weighted by Gasteiger charge is -2.31. The minimum Gasteiger partial charge on any atom is -0.437 e. The molecule has 11 heteroatoms. The zero-order chi connectivity index (χ0) is 23.7. The van der Waals surface area contributed by atoms with E-state index in [-0.39, 0.29) is 6.10 Å². The number of anilines is 3.